The third kappa shape index (κ3) is 2.73. The molecular formula is C10H3BrClF3N2O. The predicted molar refractivity (Wildman–Crippen MR) is 61.1 cm³/mol. The Kier molecular flexibility index (Phi) is 3.72. The van der Waals surface area contributed by atoms with Gasteiger partial charge in [0.2, 0.25) is 16.9 Å². The predicted octanol–water partition coefficient (Wildman–Crippen LogP) is 4.10. The van der Waals surface area contributed by atoms with Crippen LogP contribution in [0.3, 0.4) is 0 Å². The van der Waals surface area contributed by atoms with E-state index < -0.39 is 29.1 Å². The van der Waals surface area contributed by atoms with Crippen LogP contribution in [0.5, 0.6) is 11.6 Å². The molecule has 0 saturated heterocycles. The standard InChI is InChI=1S/C10H3BrClF3N2O/c11-4-1-5(13)8(15)7(2-4)18-9-6(14)3-16-10(12)17-9/h1-3H. The van der Waals surface area contributed by atoms with E-state index in [1.807, 2.05) is 0 Å². The molecule has 1 aromatic heterocycles. The molecule has 0 spiro atoms. The van der Waals surface area contributed by atoms with E-state index in [1.165, 1.54) is 0 Å². The molecule has 2 rings (SSSR count). The summed E-state index contributed by atoms with van der Waals surface area (Å²) in [5, 5.41) is -0.276. The number of nitrogens with zero attached hydrogens (tertiary/aromatic N) is 2. The van der Waals surface area contributed by atoms with Crippen molar-refractivity contribution >= 4 is 27.5 Å². The second-order valence-electron chi connectivity index (χ2n) is 3.09. The van der Waals surface area contributed by atoms with Gasteiger partial charge in [0.25, 0.3) is 5.88 Å². The number of hydrogen-bond acceptors (Lipinski definition) is 3. The van der Waals surface area contributed by atoms with Gasteiger partial charge >= 0.3 is 0 Å². The first kappa shape index (κ1) is 13.1. The quantitative estimate of drug-likeness (QED) is 0.610. The summed E-state index contributed by atoms with van der Waals surface area (Å²) in [5.74, 6) is -4.45. The summed E-state index contributed by atoms with van der Waals surface area (Å²) >= 11 is 8.39. The van der Waals surface area contributed by atoms with E-state index in [-0.39, 0.29) is 9.76 Å². The van der Waals surface area contributed by atoms with E-state index in [1.54, 1.807) is 0 Å². The van der Waals surface area contributed by atoms with Gasteiger partial charge in [-0.2, -0.15) is 13.8 Å². The summed E-state index contributed by atoms with van der Waals surface area (Å²) in [5.41, 5.74) is 0. The number of benzene rings is 1. The minimum atomic E-state index is -1.26. The van der Waals surface area contributed by atoms with Gasteiger partial charge in [-0.05, 0) is 23.7 Å². The Morgan fingerprint density at radius 3 is 2.61 bits per heavy atom. The third-order valence-electron chi connectivity index (χ3n) is 1.85. The largest absolute Gasteiger partial charge is 0.433 e. The number of halogens is 5. The van der Waals surface area contributed by atoms with Crippen molar-refractivity contribution in [3.05, 3.63) is 45.5 Å². The van der Waals surface area contributed by atoms with Crippen LogP contribution in [0.15, 0.2) is 22.8 Å². The first-order valence-electron chi connectivity index (χ1n) is 4.48. The van der Waals surface area contributed by atoms with Gasteiger partial charge < -0.3 is 4.74 Å². The van der Waals surface area contributed by atoms with E-state index in [0.717, 1.165) is 18.3 Å². The SMILES string of the molecule is Fc1cnc(Cl)nc1Oc1cc(Br)cc(F)c1F. The summed E-state index contributed by atoms with van der Waals surface area (Å²) in [6.45, 7) is 0. The fraction of sp³-hybridized carbons (Fsp3) is 0. The highest BCUT2D eigenvalue weighted by atomic mass is 79.9. The van der Waals surface area contributed by atoms with Crippen LogP contribution in [0.1, 0.15) is 0 Å². The van der Waals surface area contributed by atoms with Gasteiger partial charge in [0.05, 0.1) is 6.20 Å². The van der Waals surface area contributed by atoms with Crippen molar-refractivity contribution in [3.63, 3.8) is 0 Å². The highest BCUT2D eigenvalue weighted by molar-refractivity contribution is 9.10. The molecule has 0 fully saturated rings. The molecule has 18 heavy (non-hydrogen) atoms. The molecule has 0 atom stereocenters. The zero-order valence-corrected chi connectivity index (χ0v) is 10.8. The first-order chi connectivity index (χ1) is 8.47. The molecule has 0 aliphatic rings. The molecule has 0 unspecified atom stereocenters. The molecule has 0 aliphatic heterocycles. The lowest BCUT2D eigenvalue weighted by Crippen LogP contribution is -1.97. The van der Waals surface area contributed by atoms with E-state index in [4.69, 9.17) is 16.3 Å². The van der Waals surface area contributed by atoms with Gasteiger partial charge in [-0.3, -0.25) is 0 Å². The Labute approximate surface area is 113 Å². The summed E-state index contributed by atoms with van der Waals surface area (Å²) in [6, 6.07) is 2.04. The molecule has 94 valence electrons. The van der Waals surface area contributed by atoms with Crippen molar-refractivity contribution in [1.29, 1.82) is 0 Å². The van der Waals surface area contributed by atoms with E-state index in [0.29, 0.717) is 0 Å². The lowest BCUT2D eigenvalue weighted by atomic mass is 10.3. The molecule has 3 nitrogen and oxygen atoms in total. The number of hydrogen-bond donors (Lipinski definition) is 0. The molecule has 1 heterocycles. The molecule has 0 radical (unpaired) electrons. The minimum absolute atomic E-state index is 0.233. The smallest absolute Gasteiger partial charge is 0.260 e. The fourth-order valence-electron chi connectivity index (χ4n) is 1.11. The molecule has 1 aromatic carbocycles. The van der Waals surface area contributed by atoms with Crippen molar-refractivity contribution in [2.24, 2.45) is 0 Å². The monoisotopic (exact) mass is 338 g/mol. The van der Waals surface area contributed by atoms with Crippen LogP contribution in [-0.4, -0.2) is 9.97 Å². The highest BCUT2D eigenvalue weighted by Crippen LogP contribution is 2.30. The topological polar surface area (TPSA) is 35.0 Å². The second-order valence-corrected chi connectivity index (χ2v) is 4.35. The van der Waals surface area contributed by atoms with Gasteiger partial charge in [-0.15, -0.1) is 0 Å². The Bertz CT molecular complexity index is 612. The van der Waals surface area contributed by atoms with E-state index in [9.17, 15) is 13.2 Å². The van der Waals surface area contributed by atoms with Gasteiger partial charge in [-0.1, -0.05) is 15.9 Å². The Morgan fingerprint density at radius 1 is 1.17 bits per heavy atom. The lowest BCUT2D eigenvalue weighted by molar-refractivity contribution is 0.382. The maximum Gasteiger partial charge on any atom is 0.260 e. The van der Waals surface area contributed by atoms with Crippen LogP contribution in [-0.2, 0) is 0 Å². The normalized spacial score (nSPS) is 10.5. The summed E-state index contributed by atoms with van der Waals surface area (Å²) in [4.78, 5) is 6.78. The van der Waals surface area contributed by atoms with Crippen LogP contribution >= 0.6 is 27.5 Å². The molecular weight excluding hydrogens is 336 g/mol. The Hall–Kier alpha value is -1.34. The van der Waals surface area contributed by atoms with Crippen molar-refractivity contribution in [2.45, 2.75) is 0 Å². The summed E-state index contributed by atoms with van der Waals surface area (Å²) in [6.07, 6.45) is 0.761. The number of rotatable bonds is 2. The minimum Gasteiger partial charge on any atom is -0.433 e. The van der Waals surface area contributed by atoms with Gasteiger partial charge in [0.1, 0.15) is 0 Å². The van der Waals surface area contributed by atoms with Crippen LogP contribution in [0.25, 0.3) is 0 Å². The van der Waals surface area contributed by atoms with Crippen molar-refractivity contribution < 1.29 is 17.9 Å². The van der Waals surface area contributed by atoms with Crippen LogP contribution in [0.4, 0.5) is 13.2 Å². The maximum absolute atomic E-state index is 13.4. The average Bonchev–Trinajstić information content (AvgIpc) is 2.30. The van der Waals surface area contributed by atoms with Crippen molar-refractivity contribution in [3.8, 4) is 11.6 Å². The van der Waals surface area contributed by atoms with E-state index >= 15 is 0 Å². The molecule has 0 N–H and O–H groups in total. The molecule has 0 bridgehead atoms. The highest BCUT2D eigenvalue weighted by Gasteiger charge is 2.15. The fourth-order valence-corrected chi connectivity index (χ4v) is 1.65. The maximum atomic E-state index is 13.4. The van der Waals surface area contributed by atoms with Gasteiger partial charge in [0, 0.05) is 4.47 Å². The molecule has 0 aliphatic carbocycles. The Balaban J connectivity index is 2.43. The molecule has 0 saturated carbocycles. The molecule has 2 aromatic rings. The third-order valence-corrected chi connectivity index (χ3v) is 2.49. The second kappa shape index (κ2) is 5.11. The van der Waals surface area contributed by atoms with Crippen LogP contribution in [0.2, 0.25) is 5.28 Å². The molecule has 8 heteroatoms. The summed E-state index contributed by atoms with van der Waals surface area (Å²) < 4.78 is 44.8. The number of ether oxygens (including phenoxy) is 1. The molecule has 0 amide bonds. The average molecular weight is 339 g/mol. The van der Waals surface area contributed by atoms with E-state index in [2.05, 4.69) is 25.9 Å². The van der Waals surface area contributed by atoms with Crippen LogP contribution in [0, 0.1) is 17.5 Å². The summed E-state index contributed by atoms with van der Waals surface area (Å²) in [7, 11) is 0. The van der Waals surface area contributed by atoms with Crippen molar-refractivity contribution in [1.82, 2.24) is 9.97 Å². The van der Waals surface area contributed by atoms with Gasteiger partial charge in [-0.25, -0.2) is 9.37 Å². The first-order valence-corrected chi connectivity index (χ1v) is 5.65. The van der Waals surface area contributed by atoms with Crippen molar-refractivity contribution in [2.75, 3.05) is 0 Å². The van der Waals surface area contributed by atoms with Gasteiger partial charge in [0.15, 0.2) is 11.6 Å². The number of aromatic nitrogens is 2. The zero-order chi connectivity index (χ0) is 13.3. The Morgan fingerprint density at radius 2 is 1.89 bits per heavy atom. The van der Waals surface area contributed by atoms with Crippen LogP contribution < -0.4 is 4.74 Å². The lowest BCUT2D eigenvalue weighted by Gasteiger charge is -2.07. The zero-order valence-electron chi connectivity index (χ0n) is 8.42.